The van der Waals surface area contributed by atoms with Gasteiger partial charge in [0.05, 0.1) is 25.6 Å². The number of hydrogen-bond acceptors (Lipinski definition) is 10. The van der Waals surface area contributed by atoms with Crippen LogP contribution in [-0.2, 0) is 30.2 Å². The number of carbonyl (C=O) groups excluding carboxylic acids is 1. The van der Waals surface area contributed by atoms with Gasteiger partial charge in [-0.2, -0.15) is 0 Å². The number of H-pyrrole nitrogens is 1. The van der Waals surface area contributed by atoms with Crippen LogP contribution in [0.4, 0.5) is 0 Å². The zero-order chi connectivity index (χ0) is 27.8. The fourth-order valence-corrected chi connectivity index (χ4v) is 6.04. The molecule has 11 nitrogen and oxygen atoms in total. The van der Waals surface area contributed by atoms with Crippen LogP contribution in [-0.4, -0.2) is 88.6 Å². The predicted molar refractivity (Wildman–Crippen MR) is 139 cm³/mol. The molecule has 4 heterocycles. The summed E-state index contributed by atoms with van der Waals surface area (Å²) < 4.78 is 22.3. The SMILES string of the molecule is C=C[C@H]1[C@H](OC2OC(CO)C(O)C(O)C2O)OC=C(C(=O)OC)[C@H]1C[C@@H]1NCCc2c1[nH]c1cccc(C)c21. The minimum Gasteiger partial charge on any atom is -0.471 e. The first-order valence-electron chi connectivity index (χ1n) is 13.1. The summed E-state index contributed by atoms with van der Waals surface area (Å²) in [7, 11) is 1.30. The lowest BCUT2D eigenvalue weighted by Crippen LogP contribution is -2.60. The Morgan fingerprint density at radius 3 is 2.72 bits per heavy atom. The molecule has 5 unspecified atom stereocenters. The third-order valence-electron chi connectivity index (χ3n) is 8.09. The van der Waals surface area contributed by atoms with E-state index >= 15 is 0 Å². The number of carbonyl (C=O) groups is 1. The maximum absolute atomic E-state index is 12.8. The van der Waals surface area contributed by atoms with Gasteiger partial charge in [-0.3, -0.25) is 0 Å². The first kappa shape index (κ1) is 27.8. The molecule has 1 saturated heterocycles. The number of aryl methyl sites for hydroxylation is 1. The Labute approximate surface area is 226 Å². The molecule has 5 rings (SSSR count). The molecular weight excluding hydrogens is 508 g/mol. The van der Waals surface area contributed by atoms with Gasteiger partial charge in [0, 0.05) is 34.5 Å². The highest BCUT2D eigenvalue weighted by Gasteiger charge is 2.48. The molecule has 0 bridgehead atoms. The second-order valence-corrected chi connectivity index (χ2v) is 10.3. The van der Waals surface area contributed by atoms with Crippen molar-refractivity contribution in [3.05, 3.63) is 59.5 Å². The van der Waals surface area contributed by atoms with Gasteiger partial charge in [0.1, 0.15) is 24.4 Å². The zero-order valence-corrected chi connectivity index (χ0v) is 21.9. The van der Waals surface area contributed by atoms with Crippen molar-refractivity contribution in [1.29, 1.82) is 0 Å². The van der Waals surface area contributed by atoms with Gasteiger partial charge in [0.15, 0.2) is 6.29 Å². The fourth-order valence-electron chi connectivity index (χ4n) is 6.04. The highest BCUT2D eigenvalue weighted by Crippen LogP contribution is 2.42. The van der Waals surface area contributed by atoms with Crippen LogP contribution < -0.4 is 5.32 Å². The second-order valence-electron chi connectivity index (χ2n) is 10.3. The van der Waals surface area contributed by atoms with Crippen LogP contribution in [0.15, 0.2) is 42.7 Å². The lowest BCUT2D eigenvalue weighted by atomic mass is 9.78. The molecule has 2 aromatic rings. The number of ether oxygens (including phenoxy) is 4. The summed E-state index contributed by atoms with van der Waals surface area (Å²) in [6.07, 6.45) is -4.03. The zero-order valence-electron chi connectivity index (χ0n) is 21.9. The summed E-state index contributed by atoms with van der Waals surface area (Å²) in [5.74, 6) is -1.56. The molecule has 0 saturated carbocycles. The summed E-state index contributed by atoms with van der Waals surface area (Å²) in [5.41, 5.74) is 4.90. The summed E-state index contributed by atoms with van der Waals surface area (Å²) in [6, 6.07) is 6.06. The topological polar surface area (TPSA) is 163 Å². The van der Waals surface area contributed by atoms with E-state index in [0.717, 1.165) is 24.2 Å². The predicted octanol–water partition coefficient (Wildman–Crippen LogP) is 0.701. The molecule has 1 aromatic heterocycles. The molecule has 1 aromatic carbocycles. The van der Waals surface area contributed by atoms with E-state index in [2.05, 4.69) is 35.9 Å². The molecule has 0 amide bonds. The van der Waals surface area contributed by atoms with Crippen molar-refractivity contribution in [2.45, 2.75) is 62.8 Å². The van der Waals surface area contributed by atoms with E-state index in [4.69, 9.17) is 18.9 Å². The van der Waals surface area contributed by atoms with Gasteiger partial charge in [-0.1, -0.05) is 18.2 Å². The lowest BCUT2D eigenvalue weighted by molar-refractivity contribution is -0.339. The smallest absolute Gasteiger partial charge is 0.337 e. The van der Waals surface area contributed by atoms with Crippen LogP contribution in [0.3, 0.4) is 0 Å². The highest BCUT2D eigenvalue weighted by molar-refractivity contribution is 5.89. The van der Waals surface area contributed by atoms with Gasteiger partial charge < -0.3 is 49.7 Å². The average molecular weight is 545 g/mol. The largest absolute Gasteiger partial charge is 0.471 e. The van der Waals surface area contributed by atoms with E-state index in [1.54, 1.807) is 6.08 Å². The van der Waals surface area contributed by atoms with E-state index in [9.17, 15) is 25.2 Å². The minimum absolute atomic E-state index is 0.118. The number of aliphatic hydroxyl groups is 4. The first-order chi connectivity index (χ1) is 18.8. The number of rotatable bonds is 7. The monoisotopic (exact) mass is 544 g/mol. The Balaban J connectivity index is 1.44. The first-order valence-corrected chi connectivity index (χ1v) is 13.1. The molecule has 6 N–H and O–H groups in total. The molecular formula is C28H36N2O9. The Morgan fingerprint density at radius 2 is 2.00 bits per heavy atom. The van der Waals surface area contributed by atoms with Crippen molar-refractivity contribution in [2.75, 3.05) is 20.3 Å². The number of benzene rings is 1. The minimum atomic E-state index is -1.60. The number of esters is 1. The van der Waals surface area contributed by atoms with E-state index in [0.29, 0.717) is 12.0 Å². The molecule has 3 aliphatic heterocycles. The van der Waals surface area contributed by atoms with Crippen LogP contribution in [0.2, 0.25) is 0 Å². The molecule has 11 heteroatoms. The third kappa shape index (κ3) is 5.00. The molecule has 9 atom stereocenters. The highest BCUT2D eigenvalue weighted by atomic mass is 16.8. The Hall–Kier alpha value is -2.77. The Morgan fingerprint density at radius 1 is 1.21 bits per heavy atom. The summed E-state index contributed by atoms with van der Waals surface area (Å²) in [4.78, 5) is 16.4. The normalized spacial score (nSPS) is 34.6. The van der Waals surface area contributed by atoms with Crippen molar-refractivity contribution in [3.63, 3.8) is 0 Å². The van der Waals surface area contributed by atoms with Crippen LogP contribution in [0, 0.1) is 18.8 Å². The van der Waals surface area contributed by atoms with Gasteiger partial charge in [-0.15, -0.1) is 6.58 Å². The third-order valence-corrected chi connectivity index (χ3v) is 8.09. The van der Waals surface area contributed by atoms with E-state index < -0.39 is 61.4 Å². The summed E-state index contributed by atoms with van der Waals surface area (Å²) >= 11 is 0. The second kappa shape index (κ2) is 11.4. The van der Waals surface area contributed by atoms with Crippen molar-refractivity contribution in [1.82, 2.24) is 10.3 Å². The van der Waals surface area contributed by atoms with E-state index in [1.165, 1.54) is 29.9 Å². The van der Waals surface area contributed by atoms with Crippen molar-refractivity contribution < 1.29 is 44.2 Å². The Kier molecular flexibility index (Phi) is 8.11. The molecule has 39 heavy (non-hydrogen) atoms. The maximum Gasteiger partial charge on any atom is 0.337 e. The average Bonchev–Trinajstić information content (AvgIpc) is 3.34. The number of fused-ring (bicyclic) bond motifs is 3. The Bertz CT molecular complexity index is 1240. The van der Waals surface area contributed by atoms with E-state index in [1.807, 2.05) is 6.07 Å². The van der Waals surface area contributed by atoms with Crippen LogP contribution in [0.1, 0.15) is 29.3 Å². The molecule has 3 aliphatic rings. The van der Waals surface area contributed by atoms with Crippen molar-refractivity contribution in [3.8, 4) is 0 Å². The van der Waals surface area contributed by atoms with Crippen LogP contribution in [0.25, 0.3) is 10.9 Å². The molecule has 0 spiro atoms. The summed E-state index contributed by atoms with van der Waals surface area (Å²) in [6.45, 7) is 6.23. The fraction of sp³-hybridized carbons (Fsp3) is 0.536. The van der Waals surface area contributed by atoms with Gasteiger partial charge in [-0.25, -0.2) is 4.79 Å². The van der Waals surface area contributed by atoms with E-state index in [-0.39, 0.29) is 6.04 Å². The van der Waals surface area contributed by atoms with Crippen LogP contribution in [0.5, 0.6) is 0 Å². The lowest BCUT2D eigenvalue weighted by Gasteiger charge is -2.43. The molecule has 0 radical (unpaired) electrons. The number of aromatic amines is 1. The maximum atomic E-state index is 12.8. The number of hydrogen-bond donors (Lipinski definition) is 6. The van der Waals surface area contributed by atoms with Crippen molar-refractivity contribution >= 4 is 16.9 Å². The number of methoxy groups -OCH3 is 1. The molecule has 212 valence electrons. The van der Waals surface area contributed by atoms with Crippen LogP contribution >= 0.6 is 0 Å². The quantitative estimate of drug-likeness (QED) is 0.216. The van der Waals surface area contributed by atoms with Gasteiger partial charge in [0.25, 0.3) is 0 Å². The number of aromatic nitrogens is 1. The molecule has 0 aliphatic carbocycles. The van der Waals surface area contributed by atoms with Gasteiger partial charge in [-0.05, 0) is 43.5 Å². The van der Waals surface area contributed by atoms with Gasteiger partial charge in [0.2, 0.25) is 6.29 Å². The standard InChI is InChI=1S/C28H36N2O9/c1-4-14-16(10-19-22-15(8-9-29-19)21-13(2)6-5-7-18(21)30-22)17(26(35)36-3)12-37-27(14)39-28-25(34)24(33)23(32)20(11-31)38-28/h4-7,12,14,16,19-20,23-25,27-34H,1,8-11H2,2-3H3/t14-,16+,19+,20?,23?,24?,25?,27+,28?/m1/s1. The number of aliphatic hydroxyl groups excluding tert-OH is 4. The van der Waals surface area contributed by atoms with Gasteiger partial charge >= 0.3 is 5.97 Å². The summed E-state index contributed by atoms with van der Waals surface area (Å²) in [5, 5.41) is 45.1. The molecule has 1 fully saturated rings. The van der Waals surface area contributed by atoms with Crippen molar-refractivity contribution in [2.24, 2.45) is 11.8 Å². The number of nitrogens with one attached hydrogen (secondary N) is 2.